The molecule has 1 aromatic rings. The number of hydrogen-bond donors (Lipinski definition) is 2. The molecule has 1 aromatic carbocycles. The van der Waals surface area contributed by atoms with Gasteiger partial charge in [0, 0.05) is 13.6 Å². The molecule has 0 saturated carbocycles. The van der Waals surface area contributed by atoms with Gasteiger partial charge in [-0.3, -0.25) is 0 Å². The molecule has 0 spiro atoms. The van der Waals surface area contributed by atoms with E-state index in [-0.39, 0.29) is 0 Å². The smallest absolute Gasteiger partial charge is 0.196 e. The molecule has 1 rings (SSSR count). The van der Waals surface area contributed by atoms with E-state index >= 15 is 0 Å². The van der Waals surface area contributed by atoms with E-state index in [1.54, 1.807) is 0 Å². The second kappa shape index (κ2) is 6.12. The fourth-order valence-electron chi connectivity index (χ4n) is 1.33. The summed E-state index contributed by atoms with van der Waals surface area (Å²) >= 11 is 0. The fraction of sp³-hybridized carbons (Fsp3) is 0.417. The largest absolute Gasteiger partial charge is 0.369 e. The van der Waals surface area contributed by atoms with Crippen LogP contribution in [0.25, 0.3) is 0 Å². The molecule has 0 amide bonds. The van der Waals surface area contributed by atoms with Crippen LogP contribution >= 0.6 is 0 Å². The Kier molecular flexibility index (Phi) is 4.79. The first-order chi connectivity index (χ1) is 7.67. The highest BCUT2D eigenvalue weighted by molar-refractivity contribution is 5.80. The summed E-state index contributed by atoms with van der Waals surface area (Å²) in [6.07, 6.45) is 0.868. The van der Waals surface area contributed by atoms with Gasteiger partial charge in [-0.15, -0.1) is 0 Å². The van der Waals surface area contributed by atoms with Crippen molar-refractivity contribution in [3.05, 3.63) is 29.8 Å². The second-order valence-corrected chi connectivity index (χ2v) is 3.69. The van der Waals surface area contributed by atoms with Crippen molar-refractivity contribution in [1.82, 2.24) is 4.90 Å². The minimum Gasteiger partial charge on any atom is -0.369 e. The molecule has 0 heterocycles. The number of benzene rings is 1. The summed E-state index contributed by atoms with van der Waals surface area (Å²) in [5.41, 5.74) is 13.4. The molecule has 0 saturated heterocycles. The van der Waals surface area contributed by atoms with Crippen molar-refractivity contribution < 1.29 is 0 Å². The van der Waals surface area contributed by atoms with E-state index in [9.17, 15) is 0 Å². The molecule has 0 radical (unpaired) electrons. The number of aliphatic imine (C=N–C) groups is 1. The Morgan fingerprint density at radius 1 is 1.44 bits per heavy atom. The van der Waals surface area contributed by atoms with Crippen molar-refractivity contribution in [2.24, 2.45) is 16.5 Å². The molecule has 0 bridgehead atoms. The molecule has 4 N–H and O–H groups in total. The van der Waals surface area contributed by atoms with Crippen LogP contribution in [0.5, 0.6) is 0 Å². The van der Waals surface area contributed by atoms with E-state index in [1.807, 2.05) is 43.1 Å². The monoisotopic (exact) mass is 220 g/mol. The average molecular weight is 220 g/mol. The van der Waals surface area contributed by atoms with E-state index in [2.05, 4.69) is 4.99 Å². The zero-order valence-electron chi connectivity index (χ0n) is 9.98. The Morgan fingerprint density at radius 2 is 2.19 bits per heavy atom. The topological polar surface area (TPSA) is 67.6 Å². The number of hydrogen-bond acceptors (Lipinski definition) is 2. The minimum absolute atomic E-state index is 0.535. The van der Waals surface area contributed by atoms with Crippen LogP contribution < -0.4 is 11.5 Å². The van der Waals surface area contributed by atoms with Gasteiger partial charge in [-0.25, -0.2) is 4.99 Å². The molecule has 0 aliphatic carbocycles. The molecule has 16 heavy (non-hydrogen) atoms. The molecule has 0 aliphatic heterocycles. The predicted molar refractivity (Wildman–Crippen MR) is 68.8 cm³/mol. The predicted octanol–water partition coefficient (Wildman–Crippen LogP) is 1.09. The van der Waals surface area contributed by atoms with Gasteiger partial charge < -0.3 is 16.4 Å². The van der Waals surface area contributed by atoms with Crippen molar-refractivity contribution in [2.45, 2.75) is 13.3 Å². The molecule has 0 aliphatic rings. The maximum atomic E-state index is 5.84. The van der Waals surface area contributed by atoms with Crippen LogP contribution in [0, 0.1) is 0 Å². The van der Waals surface area contributed by atoms with Crippen molar-refractivity contribution in [3.63, 3.8) is 0 Å². The zero-order valence-corrected chi connectivity index (χ0v) is 9.98. The molecular weight excluding hydrogens is 200 g/mol. The van der Waals surface area contributed by atoms with Gasteiger partial charge in [0.15, 0.2) is 5.96 Å². The Balaban J connectivity index is 2.84. The summed E-state index contributed by atoms with van der Waals surface area (Å²) in [4.78, 5) is 6.25. The van der Waals surface area contributed by atoms with Crippen LogP contribution in [0.1, 0.15) is 12.5 Å². The SMILES string of the molecule is CCN(C)C(N)=Nc1cccc(CCN)c1. The van der Waals surface area contributed by atoms with E-state index < -0.39 is 0 Å². The van der Waals surface area contributed by atoms with E-state index in [4.69, 9.17) is 11.5 Å². The maximum Gasteiger partial charge on any atom is 0.196 e. The van der Waals surface area contributed by atoms with E-state index in [0.29, 0.717) is 12.5 Å². The minimum atomic E-state index is 0.535. The summed E-state index contributed by atoms with van der Waals surface area (Å²) in [6.45, 7) is 3.53. The highest BCUT2D eigenvalue weighted by Crippen LogP contribution is 2.14. The fourth-order valence-corrected chi connectivity index (χ4v) is 1.33. The van der Waals surface area contributed by atoms with Crippen LogP contribution in [0.15, 0.2) is 29.3 Å². The first-order valence-electron chi connectivity index (χ1n) is 5.51. The lowest BCUT2D eigenvalue weighted by molar-refractivity contribution is 0.529. The van der Waals surface area contributed by atoms with E-state index in [1.165, 1.54) is 5.56 Å². The van der Waals surface area contributed by atoms with E-state index in [0.717, 1.165) is 18.7 Å². The second-order valence-electron chi connectivity index (χ2n) is 3.69. The van der Waals surface area contributed by atoms with Crippen LogP contribution in [0.4, 0.5) is 5.69 Å². The summed E-state index contributed by atoms with van der Waals surface area (Å²) in [5.74, 6) is 0.535. The third-order valence-corrected chi connectivity index (χ3v) is 2.45. The van der Waals surface area contributed by atoms with Crippen molar-refractivity contribution >= 4 is 11.6 Å². The quantitative estimate of drug-likeness (QED) is 0.589. The molecule has 0 aromatic heterocycles. The molecular formula is C12H20N4. The number of rotatable bonds is 4. The van der Waals surface area contributed by atoms with Gasteiger partial charge in [-0.1, -0.05) is 12.1 Å². The zero-order chi connectivity index (χ0) is 12.0. The molecule has 88 valence electrons. The van der Waals surface area contributed by atoms with Crippen molar-refractivity contribution in [1.29, 1.82) is 0 Å². The molecule has 4 nitrogen and oxygen atoms in total. The highest BCUT2D eigenvalue weighted by atomic mass is 15.2. The summed E-state index contributed by atoms with van der Waals surface area (Å²) in [5, 5.41) is 0. The first kappa shape index (κ1) is 12.5. The van der Waals surface area contributed by atoms with Gasteiger partial charge in [0.2, 0.25) is 0 Å². The van der Waals surface area contributed by atoms with Gasteiger partial charge in [0.1, 0.15) is 0 Å². The Bertz CT molecular complexity index is 360. The van der Waals surface area contributed by atoms with Gasteiger partial charge in [0.05, 0.1) is 5.69 Å². The van der Waals surface area contributed by atoms with Crippen LogP contribution in [0.2, 0.25) is 0 Å². The summed E-state index contributed by atoms with van der Waals surface area (Å²) < 4.78 is 0. The van der Waals surface area contributed by atoms with Crippen LogP contribution in [-0.2, 0) is 6.42 Å². The maximum absolute atomic E-state index is 5.84. The molecule has 0 fully saturated rings. The van der Waals surface area contributed by atoms with Crippen molar-refractivity contribution in [3.8, 4) is 0 Å². The van der Waals surface area contributed by atoms with Crippen LogP contribution in [0.3, 0.4) is 0 Å². The standard InChI is InChI=1S/C12H20N4/c1-3-16(2)12(14)15-11-6-4-5-10(9-11)7-8-13/h4-6,9H,3,7-8,13H2,1-2H3,(H2,14,15). The van der Waals surface area contributed by atoms with Gasteiger partial charge in [-0.05, 0) is 37.6 Å². The lowest BCUT2D eigenvalue weighted by Gasteiger charge is -2.14. The first-order valence-corrected chi connectivity index (χ1v) is 5.51. The van der Waals surface area contributed by atoms with Crippen molar-refractivity contribution in [2.75, 3.05) is 20.1 Å². The number of guanidine groups is 1. The van der Waals surface area contributed by atoms with Gasteiger partial charge in [-0.2, -0.15) is 0 Å². The molecule has 4 heteroatoms. The third kappa shape index (κ3) is 3.55. The summed E-state index contributed by atoms with van der Waals surface area (Å²) in [6, 6.07) is 7.98. The lowest BCUT2D eigenvalue weighted by Crippen LogP contribution is -2.33. The lowest BCUT2D eigenvalue weighted by atomic mass is 10.1. The highest BCUT2D eigenvalue weighted by Gasteiger charge is 1.99. The number of nitrogens with two attached hydrogens (primary N) is 2. The summed E-state index contributed by atoms with van der Waals surface area (Å²) in [7, 11) is 1.92. The third-order valence-electron chi connectivity index (χ3n) is 2.45. The molecule has 0 unspecified atom stereocenters. The normalized spacial score (nSPS) is 11.6. The van der Waals surface area contributed by atoms with Gasteiger partial charge in [0.25, 0.3) is 0 Å². The Labute approximate surface area is 97.0 Å². The number of nitrogens with zero attached hydrogens (tertiary/aromatic N) is 2. The Hall–Kier alpha value is -1.55. The average Bonchev–Trinajstić information content (AvgIpc) is 2.29. The molecule has 0 atom stereocenters. The Morgan fingerprint density at radius 3 is 2.81 bits per heavy atom. The van der Waals surface area contributed by atoms with Crippen LogP contribution in [-0.4, -0.2) is 31.0 Å². The van der Waals surface area contributed by atoms with Gasteiger partial charge >= 0.3 is 0 Å².